The molecule has 0 spiro atoms. The first-order valence-corrected chi connectivity index (χ1v) is 10.9. The number of aryl methyl sites for hydroxylation is 2. The van der Waals surface area contributed by atoms with E-state index in [1.807, 2.05) is 6.92 Å². The quantitative estimate of drug-likeness (QED) is 0.593. The summed E-state index contributed by atoms with van der Waals surface area (Å²) in [6.45, 7) is 7.86. The Morgan fingerprint density at radius 2 is 1.93 bits per heavy atom. The summed E-state index contributed by atoms with van der Waals surface area (Å²) in [4.78, 5) is 28.0. The fourth-order valence-corrected chi connectivity index (χ4v) is 5.07. The molecule has 2 aromatic heterocycles. The van der Waals surface area contributed by atoms with Crippen LogP contribution in [0.4, 0.5) is 20.3 Å². The van der Waals surface area contributed by atoms with E-state index in [4.69, 9.17) is 0 Å². The monoisotopic (exact) mass is 430 g/mol. The molecule has 0 radical (unpaired) electrons. The largest absolute Gasteiger partial charge is 0.356 e. The molecule has 0 bridgehead atoms. The van der Waals surface area contributed by atoms with E-state index in [0.717, 1.165) is 28.2 Å². The first-order chi connectivity index (χ1) is 14.4. The van der Waals surface area contributed by atoms with Gasteiger partial charge in [-0.1, -0.05) is 0 Å². The maximum absolute atomic E-state index is 13.7. The first-order valence-electron chi connectivity index (χ1n) is 10.1. The van der Waals surface area contributed by atoms with Crippen molar-refractivity contribution in [3.05, 3.63) is 46.6 Å². The first kappa shape index (κ1) is 20.7. The number of rotatable bonds is 4. The molecule has 158 valence electrons. The number of aromatic nitrogens is 2. The summed E-state index contributed by atoms with van der Waals surface area (Å²) in [6.07, 6.45) is 2.98. The zero-order valence-corrected chi connectivity index (χ0v) is 18.1. The molecule has 4 rings (SSSR count). The molecule has 5 nitrogen and oxygen atoms in total. The van der Waals surface area contributed by atoms with Gasteiger partial charge in [0.05, 0.1) is 5.39 Å². The van der Waals surface area contributed by atoms with Gasteiger partial charge < -0.3 is 9.80 Å². The van der Waals surface area contributed by atoms with E-state index < -0.39 is 11.6 Å². The van der Waals surface area contributed by atoms with Crippen LogP contribution in [0.15, 0.2) is 24.5 Å². The summed E-state index contributed by atoms with van der Waals surface area (Å²) in [5.74, 6) is -1.12. The molecule has 0 N–H and O–H groups in total. The molecule has 1 aromatic carbocycles. The average molecular weight is 431 g/mol. The van der Waals surface area contributed by atoms with Gasteiger partial charge in [0.2, 0.25) is 5.91 Å². The third-order valence-corrected chi connectivity index (χ3v) is 7.00. The fraction of sp³-hybridized carbons (Fsp3) is 0.409. The van der Waals surface area contributed by atoms with Crippen LogP contribution in [0.25, 0.3) is 10.2 Å². The Bertz CT molecular complexity index is 1090. The van der Waals surface area contributed by atoms with Crippen LogP contribution >= 0.6 is 11.3 Å². The number of hydrogen-bond donors (Lipinski definition) is 0. The number of hydrogen-bond acceptors (Lipinski definition) is 5. The molecule has 1 amide bonds. The minimum Gasteiger partial charge on any atom is -0.356 e. The Morgan fingerprint density at radius 1 is 1.20 bits per heavy atom. The molecular formula is C22H24F2N4OS. The van der Waals surface area contributed by atoms with Gasteiger partial charge in [-0.3, -0.25) is 4.79 Å². The Labute approximate surface area is 178 Å². The summed E-state index contributed by atoms with van der Waals surface area (Å²) in [5.41, 5.74) is 1.60. The van der Waals surface area contributed by atoms with Crippen molar-refractivity contribution in [1.29, 1.82) is 0 Å². The normalized spacial score (nSPS) is 15.0. The van der Waals surface area contributed by atoms with Gasteiger partial charge in [-0.15, -0.1) is 11.3 Å². The molecule has 0 unspecified atom stereocenters. The third kappa shape index (κ3) is 3.64. The molecule has 3 aromatic rings. The van der Waals surface area contributed by atoms with Gasteiger partial charge in [0.25, 0.3) is 0 Å². The Kier molecular flexibility index (Phi) is 5.69. The van der Waals surface area contributed by atoms with E-state index in [9.17, 15) is 13.6 Å². The number of halogens is 2. The lowest BCUT2D eigenvalue weighted by atomic mass is 9.94. The van der Waals surface area contributed by atoms with Crippen LogP contribution < -0.4 is 9.80 Å². The maximum atomic E-state index is 13.7. The van der Waals surface area contributed by atoms with Crippen LogP contribution in [0.2, 0.25) is 0 Å². The standard InChI is InChI=1S/C22H24F2N4OS/c1-4-28(16-5-6-17(23)18(24)11-16)22(29)15-7-9-27(10-8-15)20-19-13(2)14(3)30-21(19)26-12-25-20/h5-6,11-12,15H,4,7-10H2,1-3H3. The van der Waals surface area contributed by atoms with Gasteiger partial charge in [-0.05, 0) is 51.3 Å². The van der Waals surface area contributed by atoms with Gasteiger partial charge in [-0.2, -0.15) is 0 Å². The highest BCUT2D eigenvalue weighted by atomic mass is 32.1. The number of carbonyl (C=O) groups is 1. The Morgan fingerprint density at radius 3 is 2.60 bits per heavy atom. The molecule has 1 aliphatic heterocycles. The number of benzene rings is 1. The number of carbonyl (C=O) groups excluding carboxylic acids is 1. The second-order valence-electron chi connectivity index (χ2n) is 7.60. The summed E-state index contributed by atoms with van der Waals surface area (Å²) < 4.78 is 26.9. The number of fused-ring (bicyclic) bond motifs is 1. The van der Waals surface area contributed by atoms with E-state index in [1.165, 1.54) is 21.4 Å². The van der Waals surface area contributed by atoms with E-state index in [2.05, 4.69) is 28.7 Å². The Hall–Kier alpha value is -2.61. The lowest BCUT2D eigenvalue weighted by molar-refractivity contribution is -0.122. The van der Waals surface area contributed by atoms with Gasteiger partial charge in [0.1, 0.15) is 17.0 Å². The summed E-state index contributed by atoms with van der Waals surface area (Å²) >= 11 is 1.67. The molecule has 30 heavy (non-hydrogen) atoms. The number of piperidine rings is 1. The highest BCUT2D eigenvalue weighted by Gasteiger charge is 2.30. The zero-order chi connectivity index (χ0) is 21.4. The number of anilines is 2. The van der Waals surface area contributed by atoms with Crippen LogP contribution in [-0.4, -0.2) is 35.5 Å². The smallest absolute Gasteiger partial charge is 0.230 e. The van der Waals surface area contributed by atoms with Crippen molar-refractivity contribution in [3.8, 4) is 0 Å². The third-order valence-electron chi connectivity index (χ3n) is 5.89. The van der Waals surface area contributed by atoms with Crippen molar-refractivity contribution in [3.63, 3.8) is 0 Å². The maximum Gasteiger partial charge on any atom is 0.230 e. The zero-order valence-electron chi connectivity index (χ0n) is 17.3. The molecule has 1 fully saturated rings. The molecular weight excluding hydrogens is 406 g/mol. The second-order valence-corrected chi connectivity index (χ2v) is 8.81. The van der Waals surface area contributed by atoms with E-state index >= 15 is 0 Å². The molecule has 8 heteroatoms. The molecule has 0 aliphatic carbocycles. The highest BCUT2D eigenvalue weighted by Crippen LogP contribution is 2.36. The lowest BCUT2D eigenvalue weighted by Crippen LogP contribution is -2.43. The molecule has 3 heterocycles. The van der Waals surface area contributed by atoms with Crippen molar-refractivity contribution < 1.29 is 13.6 Å². The van der Waals surface area contributed by atoms with Crippen LogP contribution in [-0.2, 0) is 4.79 Å². The number of amides is 1. The molecule has 0 saturated carbocycles. The average Bonchev–Trinajstić information content (AvgIpc) is 3.05. The van der Waals surface area contributed by atoms with Gasteiger partial charge >= 0.3 is 0 Å². The van der Waals surface area contributed by atoms with Crippen LogP contribution in [0.3, 0.4) is 0 Å². The van der Waals surface area contributed by atoms with Crippen LogP contribution in [0, 0.1) is 31.4 Å². The minimum absolute atomic E-state index is 0.0430. The lowest BCUT2D eigenvalue weighted by Gasteiger charge is -2.35. The summed E-state index contributed by atoms with van der Waals surface area (Å²) in [5, 5.41) is 1.10. The topological polar surface area (TPSA) is 49.3 Å². The molecule has 0 atom stereocenters. The van der Waals surface area contributed by atoms with Crippen LogP contribution in [0.1, 0.15) is 30.2 Å². The Balaban J connectivity index is 1.50. The van der Waals surface area contributed by atoms with Gasteiger partial charge in [-0.25, -0.2) is 18.7 Å². The molecule has 1 saturated heterocycles. The fourth-order valence-electron chi connectivity index (χ4n) is 4.08. The summed E-state index contributed by atoms with van der Waals surface area (Å²) in [7, 11) is 0. The summed E-state index contributed by atoms with van der Waals surface area (Å²) in [6, 6.07) is 3.61. The SMILES string of the molecule is CCN(C(=O)C1CCN(c2ncnc3sc(C)c(C)c23)CC1)c1ccc(F)c(F)c1. The van der Waals surface area contributed by atoms with Gasteiger partial charge in [0.15, 0.2) is 11.6 Å². The molecule has 1 aliphatic rings. The van der Waals surface area contributed by atoms with E-state index in [0.29, 0.717) is 38.2 Å². The van der Waals surface area contributed by atoms with Crippen molar-refractivity contribution in [1.82, 2.24) is 9.97 Å². The second kappa shape index (κ2) is 8.26. The van der Waals surface area contributed by atoms with Crippen molar-refractivity contribution in [2.24, 2.45) is 5.92 Å². The number of nitrogens with zero attached hydrogens (tertiary/aromatic N) is 4. The van der Waals surface area contributed by atoms with E-state index in [-0.39, 0.29) is 11.8 Å². The van der Waals surface area contributed by atoms with Crippen molar-refractivity contribution in [2.45, 2.75) is 33.6 Å². The minimum atomic E-state index is -0.942. The van der Waals surface area contributed by atoms with Crippen LogP contribution in [0.5, 0.6) is 0 Å². The highest BCUT2D eigenvalue weighted by molar-refractivity contribution is 7.18. The van der Waals surface area contributed by atoms with Crippen molar-refractivity contribution >= 4 is 39.0 Å². The predicted octanol–water partition coefficient (Wildman–Crippen LogP) is 4.86. The predicted molar refractivity (Wildman–Crippen MR) is 116 cm³/mol. The van der Waals surface area contributed by atoms with Crippen molar-refractivity contribution in [2.75, 3.05) is 29.4 Å². The van der Waals surface area contributed by atoms with Gasteiger partial charge in [0, 0.05) is 42.2 Å². The van der Waals surface area contributed by atoms with E-state index in [1.54, 1.807) is 17.7 Å². The number of thiophene rings is 1.